The van der Waals surface area contributed by atoms with E-state index in [0.717, 1.165) is 45.2 Å². The fourth-order valence-electron chi connectivity index (χ4n) is 3.54. The van der Waals surface area contributed by atoms with Crippen LogP contribution in [-0.2, 0) is 9.59 Å². The molecule has 1 amide bonds. The highest BCUT2D eigenvalue weighted by molar-refractivity contribution is 5.90. The monoisotopic (exact) mass is 296 g/mol. The highest BCUT2D eigenvalue weighted by atomic mass is 16.4. The number of nitrogens with one attached hydrogen (secondary N) is 2. The maximum atomic E-state index is 12.6. The van der Waals surface area contributed by atoms with Gasteiger partial charge in [-0.25, -0.2) is 4.79 Å². The minimum Gasteiger partial charge on any atom is -0.480 e. The van der Waals surface area contributed by atoms with Crippen molar-refractivity contribution in [3.63, 3.8) is 0 Å². The molecule has 5 nitrogen and oxygen atoms in total. The van der Waals surface area contributed by atoms with Gasteiger partial charge >= 0.3 is 5.97 Å². The number of amides is 1. The van der Waals surface area contributed by atoms with Gasteiger partial charge in [0.15, 0.2) is 0 Å². The van der Waals surface area contributed by atoms with Gasteiger partial charge in [0.1, 0.15) is 5.54 Å². The van der Waals surface area contributed by atoms with Crippen molar-refractivity contribution < 1.29 is 14.7 Å². The van der Waals surface area contributed by atoms with Gasteiger partial charge in [-0.15, -0.1) is 0 Å². The number of aliphatic carboxylic acids is 1. The van der Waals surface area contributed by atoms with Gasteiger partial charge in [0.05, 0.1) is 0 Å². The van der Waals surface area contributed by atoms with Gasteiger partial charge in [0, 0.05) is 5.41 Å². The van der Waals surface area contributed by atoms with E-state index >= 15 is 0 Å². The number of carbonyl (C=O) groups excluding carboxylic acids is 1. The van der Waals surface area contributed by atoms with Gasteiger partial charge in [-0.05, 0) is 57.5 Å². The summed E-state index contributed by atoms with van der Waals surface area (Å²) in [6.07, 6.45) is 5.52. The number of carbonyl (C=O) groups is 2. The van der Waals surface area contributed by atoms with Crippen LogP contribution in [-0.4, -0.2) is 35.6 Å². The number of carboxylic acid groups (broad SMARTS) is 1. The average Bonchev–Trinajstić information content (AvgIpc) is 2.48. The molecule has 2 aliphatic rings. The van der Waals surface area contributed by atoms with E-state index in [4.69, 9.17) is 0 Å². The number of carboxylic acids is 1. The highest BCUT2D eigenvalue weighted by Crippen LogP contribution is 2.36. The van der Waals surface area contributed by atoms with Crippen LogP contribution in [0.15, 0.2) is 0 Å². The van der Waals surface area contributed by atoms with Crippen LogP contribution in [0.5, 0.6) is 0 Å². The molecule has 5 heteroatoms. The molecule has 0 aromatic carbocycles. The maximum absolute atomic E-state index is 12.6. The molecule has 1 heterocycles. The summed E-state index contributed by atoms with van der Waals surface area (Å²) in [4.78, 5) is 24.4. The lowest BCUT2D eigenvalue weighted by atomic mass is 9.73. The molecule has 0 aromatic heterocycles. The molecule has 1 aliphatic heterocycles. The normalized spacial score (nSPS) is 32.4. The van der Waals surface area contributed by atoms with Crippen molar-refractivity contribution in [1.82, 2.24) is 10.6 Å². The molecule has 0 aromatic rings. The Morgan fingerprint density at radius 1 is 1.19 bits per heavy atom. The summed E-state index contributed by atoms with van der Waals surface area (Å²) in [6, 6.07) is 0. The van der Waals surface area contributed by atoms with E-state index in [2.05, 4.69) is 17.6 Å². The Labute approximate surface area is 126 Å². The van der Waals surface area contributed by atoms with Crippen LogP contribution in [0.2, 0.25) is 0 Å². The molecular formula is C16H28N2O3. The van der Waals surface area contributed by atoms with Crippen molar-refractivity contribution in [2.75, 3.05) is 13.1 Å². The Bertz CT molecular complexity index is 394. The van der Waals surface area contributed by atoms with Crippen molar-refractivity contribution in [1.29, 1.82) is 0 Å². The van der Waals surface area contributed by atoms with Crippen LogP contribution in [0.1, 0.15) is 58.8 Å². The molecule has 21 heavy (non-hydrogen) atoms. The van der Waals surface area contributed by atoms with E-state index in [0.29, 0.717) is 18.8 Å². The van der Waals surface area contributed by atoms with Crippen molar-refractivity contribution in [3.05, 3.63) is 0 Å². The minimum absolute atomic E-state index is 0.0821. The fraction of sp³-hybridized carbons (Fsp3) is 0.875. The molecule has 0 bridgehead atoms. The number of rotatable bonds is 4. The zero-order chi connectivity index (χ0) is 15.5. The Hall–Kier alpha value is -1.10. The summed E-state index contributed by atoms with van der Waals surface area (Å²) in [7, 11) is 0. The standard InChI is InChI=1S/C16H28N2O3/c1-3-12-4-6-16(7-5-12,14(20)21)18-13(19)15(2)8-10-17-11-9-15/h12,17H,3-11H2,1-2H3,(H,18,19)(H,20,21). The summed E-state index contributed by atoms with van der Waals surface area (Å²) in [5, 5.41) is 15.8. The Morgan fingerprint density at radius 3 is 2.24 bits per heavy atom. The van der Waals surface area contributed by atoms with Crippen molar-refractivity contribution in [2.24, 2.45) is 11.3 Å². The van der Waals surface area contributed by atoms with Crippen molar-refractivity contribution in [3.8, 4) is 0 Å². The van der Waals surface area contributed by atoms with Crippen molar-refractivity contribution in [2.45, 2.75) is 64.3 Å². The van der Waals surface area contributed by atoms with E-state index in [1.54, 1.807) is 0 Å². The van der Waals surface area contributed by atoms with Gasteiger partial charge in [-0.1, -0.05) is 20.3 Å². The van der Waals surface area contributed by atoms with Gasteiger partial charge in [-0.2, -0.15) is 0 Å². The molecule has 0 spiro atoms. The van der Waals surface area contributed by atoms with Gasteiger partial charge in [-0.3, -0.25) is 4.79 Å². The molecule has 120 valence electrons. The topological polar surface area (TPSA) is 78.4 Å². The first-order chi connectivity index (χ1) is 9.92. The lowest BCUT2D eigenvalue weighted by molar-refractivity contribution is -0.152. The molecule has 1 saturated heterocycles. The Kier molecular flexibility index (Phi) is 4.91. The third-order valence-electron chi connectivity index (χ3n) is 5.55. The molecule has 0 radical (unpaired) electrons. The van der Waals surface area contributed by atoms with E-state index in [1.807, 2.05) is 6.92 Å². The van der Waals surface area contributed by atoms with Crippen LogP contribution in [0.25, 0.3) is 0 Å². The first kappa shape index (κ1) is 16.3. The molecule has 3 N–H and O–H groups in total. The minimum atomic E-state index is -1.05. The largest absolute Gasteiger partial charge is 0.480 e. The number of piperidine rings is 1. The molecule has 2 rings (SSSR count). The third-order valence-corrected chi connectivity index (χ3v) is 5.55. The lowest BCUT2D eigenvalue weighted by Crippen LogP contribution is -2.60. The third kappa shape index (κ3) is 3.39. The molecule has 0 unspecified atom stereocenters. The van der Waals surface area contributed by atoms with Gasteiger partial charge in [0.2, 0.25) is 5.91 Å². The molecular weight excluding hydrogens is 268 g/mol. The SMILES string of the molecule is CCC1CCC(NC(=O)C2(C)CCNCC2)(C(=O)O)CC1. The molecule has 1 saturated carbocycles. The van der Waals surface area contributed by atoms with Crippen LogP contribution in [0.4, 0.5) is 0 Å². The quantitative estimate of drug-likeness (QED) is 0.740. The number of hydrogen-bond acceptors (Lipinski definition) is 3. The van der Waals surface area contributed by atoms with E-state index < -0.39 is 16.9 Å². The summed E-state index contributed by atoms with van der Waals surface area (Å²) in [6.45, 7) is 5.74. The summed E-state index contributed by atoms with van der Waals surface area (Å²) >= 11 is 0. The van der Waals surface area contributed by atoms with Crippen LogP contribution >= 0.6 is 0 Å². The van der Waals surface area contributed by atoms with E-state index in [9.17, 15) is 14.7 Å². The Balaban J connectivity index is 2.06. The predicted molar refractivity (Wildman–Crippen MR) is 81.0 cm³/mol. The predicted octanol–water partition coefficient (Wildman–Crippen LogP) is 1.92. The van der Waals surface area contributed by atoms with Gasteiger partial charge in [0.25, 0.3) is 0 Å². The maximum Gasteiger partial charge on any atom is 0.329 e. The smallest absolute Gasteiger partial charge is 0.329 e. The zero-order valence-electron chi connectivity index (χ0n) is 13.2. The van der Waals surface area contributed by atoms with Crippen LogP contribution < -0.4 is 10.6 Å². The fourth-order valence-corrected chi connectivity index (χ4v) is 3.54. The van der Waals surface area contributed by atoms with E-state index in [-0.39, 0.29) is 5.91 Å². The van der Waals surface area contributed by atoms with Crippen LogP contribution in [0.3, 0.4) is 0 Å². The molecule has 0 atom stereocenters. The summed E-state index contributed by atoms with van der Waals surface area (Å²) in [5.74, 6) is -0.354. The lowest BCUT2D eigenvalue weighted by Gasteiger charge is -2.41. The van der Waals surface area contributed by atoms with Gasteiger partial charge < -0.3 is 15.7 Å². The first-order valence-corrected chi connectivity index (χ1v) is 8.19. The average molecular weight is 296 g/mol. The number of hydrogen-bond donors (Lipinski definition) is 3. The molecule has 2 fully saturated rings. The molecule has 1 aliphatic carbocycles. The second-order valence-corrected chi connectivity index (χ2v) is 7.00. The van der Waals surface area contributed by atoms with Crippen molar-refractivity contribution >= 4 is 11.9 Å². The highest BCUT2D eigenvalue weighted by Gasteiger charge is 2.46. The van der Waals surface area contributed by atoms with Crippen LogP contribution in [0, 0.1) is 11.3 Å². The first-order valence-electron chi connectivity index (χ1n) is 8.19. The second-order valence-electron chi connectivity index (χ2n) is 7.00. The Morgan fingerprint density at radius 2 is 1.76 bits per heavy atom. The second kappa shape index (κ2) is 6.34. The van der Waals surface area contributed by atoms with E-state index in [1.165, 1.54) is 0 Å². The summed E-state index contributed by atoms with van der Waals surface area (Å²) in [5.41, 5.74) is -1.48. The summed E-state index contributed by atoms with van der Waals surface area (Å²) < 4.78 is 0. The zero-order valence-corrected chi connectivity index (χ0v) is 13.2.